The maximum atomic E-state index is 10.3. The second-order valence-corrected chi connectivity index (χ2v) is 2.49. The first kappa shape index (κ1) is 11.2. The number of ether oxygens (including phenoxy) is 1. The zero-order chi connectivity index (χ0) is 9.23. The van der Waals surface area contributed by atoms with Gasteiger partial charge in [0.1, 0.15) is 6.61 Å². The average molecular weight is 172 g/mol. The molecular weight excluding hydrogens is 156 g/mol. The van der Waals surface area contributed by atoms with Gasteiger partial charge in [0.2, 0.25) is 0 Å². The summed E-state index contributed by atoms with van der Waals surface area (Å²) in [5, 5.41) is 8.45. The Kier molecular flexibility index (Phi) is 7.70. The Balaban J connectivity index is 3.09. The second-order valence-electron chi connectivity index (χ2n) is 2.49. The largest absolute Gasteiger partial charge is 0.462 e. The van der Waals surface area contributed by atoms with Crippen LogP contribution >= 0.6 is 0 Å². The molecule has 3 nitrogen and oxygen atoms in total. The highest BCUT2D eigenvalue weighted by Crippen LogP contribution is 1.95. The van der Waals surface area contributed by atoms with Crippen molar-refractivity contribution in [3.05, 3.63) is 12.2 Å². The van der Waals surface area contributed by atoms with Gasteiger partial charge in [-0.15, -0.1) is 0 Å². The van der Waals surface area contributed by atoms with Crippen LogP contribution in [0.25, 0.3) is 0 Å². The predicted octanol–water partition coefficient (Wildman–Crippen LogP) is 1.27. The van der Waals surface area contributed by atoms with Gasteiger partial charge in [0.25, 0.3) is 0 Å². The molecule has 0 aromatic carbocycles. The molecule has 0 aliphatic rings. The second kappa shape index (κ2) is 8.27. The monoisotopic (exact) mass is 172 g/mol. The summed E-state index contributed by atoms with van der Waals surface area (Å²) >= 11 is 0. The lowest BCUT2D eigenvalue weighted by molar-refractivity contribution is -0.139. The first-order valence-electron chi connectivity index (χ1n) is 4.16. The Morgan fingerprint density at radius 2 is 2.17 bits per heavy atom. The third-order valence-corrected chi connectivity index (χ3v) is 1.33. The van der Waals surface area contributed by atoms with Gasteiger partial charge in [-0.1, -0.05) is 12.2 Å². The smallest absolute Gasteiger partial charge is 0.302 e. The zero-order valence-corrected chi connectivity index (χ0v) is 7.45. The van der Waals surface area contributed by atoms with E-state index in [0.717, 1.165) is 19.3 Å². The van der Waals surface area contributed by atoms with E-state index < -0.39 is 0 Å². The minimum Gasteiger partial charge on any atom is -0.462 e. The summed E-state index contributed by atoms with van der Waals surface area (Å²) in [5.74, 6) is -0.255. The lowest BCUT2D eigenvalue weighted by Crippen LogP contribution is -1.97. The van der Waals surface area contributed by atoms with E-state index in [1.54, 1.807) is 0 Å². The van der Waals surface area contributed by atoms with Gasteiger partial charge in [-0.3, -0.25) is 4.79 Å². The molecule has 0 aromatic heterocycles. The molecule has 0 fully saturated rings. The molecule has 0 rings (SSSR count). The van der Waals surface area contributed by atoms with Crippen molar-refractivity contribution in [1.29, 1.82) is 0 Å². The van der Waals surface area contributed by atoms with E-state index in [1.807, 2.05) is 12.2 Å². The predicted molar refractivity (Wildman–Crippen MR) is 46.7 cm³/mol. The SMILES string of the molecule is CC(=O)OC/C=C/CCCCO. The zero-order valence-electron chi connectivity index (χ0n) is 7.45. The van der Waals surface area contributed by atoms with Crippen molar-refractivity contribution < 1.29 is 14.6 Å². The summed E-state index contributed by atoms with van der Waals surface area (Å²) in [6.45, 7) is 1.99. The molecule has 0 heterocycles. The fourth-order valence-corrected chi connectivity index (χ4v) is 0.725. The van der Waals surface area contributed by atoms with E-state index in [9.17, 15) is 4.79 Å². The molecule has 0 unspecified atom stereocenters. The van der Waals surface area contributed by atoms with Gasteiger partial charge < -0.3 is 9.84 Å². The highest BCUT2D eigenvalue weighted by atomic mass is 16.5. The summed E-state index contributed by atoms with van der Waals surface area (Å²) in [7, 11) is 0. The van der Waals surface area contributed by atoms with Gasteiger partial charge in [0.15, 0.2) is 0 Å². The Bertz CT molecular complexity index is 141. The molecule has 0 bridgehead atoms. The molecule has 0 atom stereocenters. The fraction of sp³-hybridized carbons (Fsp3) is 0.667. The van der Waals surface area contributed by atoms with Crippen molar-refractivity contribution in [2.24, 2.45) is 0 Å². The van der Waals surface area contributed by atoms with Crippen molar-refractivity contribution in [3.63, 3.8) is 0 Å². The van der Waals surface area contributed by atoms with Crippen LogP contribution in [0.1, 0.15) is 26.2 Å². The Labute approximate surface area is 73.0 Å². The van der Waals surface area contributed by atoms with Crippen molar-refractivity contribution in [2.75, 3.05) is 13.2 Å². The lowest BCUT2D eigenvalue weighted by atomic mass is 10.2. The first-order valence-corrected chi connectivity index (χ1v) is 4.16. The van der Waals surface area contributed by atoms with Crippen LogP contribution in [-0.4, -0.2) is 24.3 Å². The molecule has 3 heteroatoms. The molecule has 0 saturated heterocycles. The van der Waals surface area contributed by atoms with Crippen LogP contribution in [0.2, 0.25) is 0 Å². The normalized spacial score (nSPS) is 10.5. The molecule has 12 heavy (non-hydrogen) atoms. The summed E-state index contributed by atoms with van der Waals surface area (Å²) < 4.78 is 4.67. The van der Waals surface area contributed by atoms with Gasteiger partial charge in [0.05, 0.1) is 0 Å². The maximum absolute atomic E-state index is 10.3. The van der Waals surface area contributed by atoms with Crippen LogP contribution in [0.3, 0.4) is 0 Å². The number of unbranched alkanes of at least 4 members (excludes halogenated alkanes) is 2. The van der Waals surface area contributed by atoms with Crippen molar-refractivity contribution in [1.82, 2.24) is 0 Å². The van der Waals surface area contributed by atoms with Gasteiger partial charge >= 0.3 is 5.97 Å². The van der Waals surface area contributed by atoms with E-state index in [4.69, 9.17) is 5.11 Å². The highest BCUT2D eigenvalue weighted by Gasteiger charge is 1.86. The third kappa shape index (κ3) is 9.17. The van der Waals surface area contributed by atoms with Crippen molar-refractivity contribution in [3.8, 4) is 0 Å². The summed E-state index contributed by atoms with van der Waals surface area (Å²) in [4.78, 5) is 10.3. The molecule has 70 valence electrons. The summed E-state index contributed by atoms with van der Waals surface area (Å²) in [5.41, 5.74) is 0. The standard InChI is InChI=1S/C9H16O3/c1-9(11)12-8-6-4-2-3-5-7-10/h4,6,10H,2-3,5,7-8H2,1H3/b6-4+. The van der Waals surface area contributed by atoms with Crippen LogP contribution in [0.15, 0.2) is 12.2 Å². The Hall–Kier alpha value is -0.830. The molecule has 0 aliphatic carbocycles. The fourth-order valence-electron chi connectivity index (χ4n) is 0.725. The van der Waals surface area contributed by atoms with E-state index in [0.29, 0.717) is 6.61 Å². The van der Waals surface area contributed by atoms with Gasteiger partial charge in [-0.05, 0) is 19.3 Å². The van der Waals surface area contributed by atoms with Crippen LogP contribution in [-0.2, 0) is 9.53 Å². The highest BCUT2D eigenvalue weighted by molar-refractivity contribution is 5.65. The third-order valence-electron chi connectivity index (χ3n) is 1.33. The van der Waals surface area contributed by atoms with Gasteiger partial charge in [-0.25, -0.2) is 0 Å². The number of aliphatic hydroxyl groups is 1. The Morgan fingerprint density at radius 1 is 1.42 bits per heavy atom. The number of rotatable bonds is 6. The molecular formula is C9H16O3. The summed E-state index contributed by atoms with van der Waals surface area (Å²) in [6.07, 6.45) is 6.52. The van der Waals surface area contributed by atoms with E-state index >= 15 is 0 Å². The number of hydrogen-bond acceptors (Lipinski definition) is 3. The summed E-state index contributed by atoms with van der Waals surface area (Å²) in [6, 6.07) is 0. The topological polar surface area (TPSA) is 46.5 Å². The average Bonchev–Trinajstić information content (AvgIpc) is 2.02. The maximum Gasteiger partial charge on any atom is 0.302 e. The molecule has 0 radical (unpaired) electrons. The van der Waals surface area contributed by atoms with Crippen LogP contribution in [0.4, 0.5) is 0 Å². The number of aliphatic hydroxyl groups excluding tert-OH is 1. The van der Waals surface area contributed by atoms with Crippen molar-refractivity contribution >= 4 is 5.97 Å². The molecule has 0 amide bonds. The number of allylic oxidation sites excluding steroid dienone is 1. The number of hydrogen-bond donors (Lipinski definition) is 1. The number of carbonyl (C=O) groups is 1. The molecule has 0 aromatic rings. The van der Waals surface area contributed by atoms with Crippen molar-refractivity contribution in [2.45, 2.75) is 26.2 Å². The van der Waals surface area contributed by atoms with E-state index in [-0.39, 0.29) is 12.6 Å². The number of esters is 1. The van der Waals surface area contributed by atoms with Gasteiger partial charge in [0, 0.05) is 13.5 Å². The minimum atomic E-state index is -0.255. The van der Waals surface area contributed by atoms with Crippen LogP contribution < -0.4 is 0 Å². The van der Waals surface area contributed by atoms with Crippen LogP contribution in [0.5, 0.6) is 0 Å². The molecule has 0 aliphatic heterocycles. The molecule has 0 saturated carbocycles. The van der Waals surface area contributed by atoms with Crippen LogP contribution in [0, 0.1) is 0 Å². The van der Waals surface area contributed by atoms with Gasteiger partial charge in [-0.2, -0.15) is 0 Å². The quantitative estimate of drug-likeness (QED) is 0.373. The first-order chi connectivity index (χ1) is 5.77. The number of carbonyl (C=O) groups excluding carboxylic acids is 1. The van der Waals surface area contributed by atoms with E-state index in [1.165, 1.54) is 6.92 Å². The lowest BCUT2D eigenvalue weighted by Gasteiger charge is -1.94. The van der Waals surface area contributed by atoms with E-state index in [2.05, 4.69) is 4.74 Å². The minimum absolute atomic E-state index is 0.248. The Morgan fingerprint density at radius 3 is 2.75 bits per heavy atom. The molecule has 1 N–H and O–H groups in total. The molecule has 0 spiro atoms.